The lowest BCUT2D eigenvalue weighted by atomic mass is 10.0. The smallest absolute Gasteiger partial charge is 0.260 e. The average Bonchev–Trinajstić information content (AvgIpc) is 3.21. The zero-order valence-corrected chi connectivity index (χ0v) is 19.7. The van der Waals surface area contributed by atoms with Gasteiger partial charge in [0, 0.05) is 24.5 Å². The van der Waals surface area contributed by atoms with Gasteiger partial charge in [0.05, 0.1) is 18.2 Å². The molecule has 5 rings (SSSR count). The van der Waals surface area contributed by atoms with Gasteiger partial charge in [-0.1, -0.05) is 54.6 Å². The summed E-state index contributed by atoms with van der Waals surface area (Å²) in [6, 6.07) is 21.8. The van der Waals surface area contributed by atoms with E-state index < -0.39 is 5.91 Å². The molecule has 7 heteroatoms. The zero-order chi connectivity index (χ0) is 23.7. The Kier molecular flexibility index (Phi) is 6.04. The molecule has 0 spiro atoms. The van der Waals surface area contributed by atoms with E-state index in [1.54, 1.807) is 7.11 Å². The Balaban J connectivity index is 1.43. The van der Waals surface area contributed by atoms with Gasteiger partial charge in [0.25, 0.3) is 11.8 Å². The van der Waals surface area contributed by atoms with Crippen LogP contribution in [0.25, 0.3) is 10.8 Å². The van der Waals surface area contributed by atoms with Gasteiger partial charge in [-0.2, -0.15) is 0 Å². The molecule has 34 heavy (non-hydrogen) atoms. The van der Waals surface area contributed by atoms with Crippen molar-refractivity contribution in [2.24, 2.45) is 5.73 Å². The first kappa shape index (κ1) is 22.1. The van der Waals surface area contributed by atoms with Crippen molar-refractivity contribution in [3.63, 3.8) is 0 Å². The van der Waals surface area contributed by atoms with Crippen LogP contribution in [0.2, 0.25) is 0 Å². The van der Waals surface area contributed by atoms with Crippen molar-refractivity contribution < 1.29 is 14.3 Å². The molecular weight excluding hydrogens is 446 g/mol. The standard InChI is InChI=1S/C27H25N3O3S/c1-33-22-14-19-10-6-5-9-18(19)13-21(22)26(32)29-27-24(25(28)31)20-11-12-30(16-23(20)34-27)15-17-7-3-2-4-8-17/h2-10,13-14H,11-12,15-16H2,1H3,(H2,28,31)(H,29,32). The summed E-state index contributed by atoms with van der Waals surface area (Å²) in [6.45, 7) is 2.37. The summed E-state index contributed by atoms with van der Waals surface area (Å²) >= 11 is 1.43. The van der Waals surface area contributed by atoms with Gasteiger partial charge in [0.2, 0.25) is 0 Å². The van der Waals surface area contributed by atoms with E-state index >= 15 is 0 Å². The normalized spacial score (nSPS) is 13.4. The molecular formula is C27H25N3O3S. The highest BCUT2D eigenvalue weighted by atomic mass is 32.1. The first-order valence-corrected chi connectivity index (χ1v) is 11.9. The minimum atomic E-state index is -0.519. The van der Waals surface area contributed by atoms with Crippen LogP contribution in [0, 0.1) is 0 Å². The third kappa shape index (κ3) is 4.27. The maximum Gasteiger partial charge on any atom is 0.260 e. The second kappa shape index (κ2) is 9.29. The van der Waals surface area contributed by atoms with Crippen molar-refractivity contribution in [2.45, 2.75) is 19.5 Å². The molecule has 0 saturated carbocycles. The number of anilines is 1. The Morgan fingerprint density at radius 2 is 1.76 bits per heavy atom. The topological polar surface area (TPSA) is 84.7 Å². The summed E-state index contributed by atoms with van der Waals surface area (Å²) in [5, 5.41) is 5.37. The monoisotopic (exact) mass is 471 g/mol. The first-order valence-electron chi connectivity index (χ1n) is 11.1. The molecule has 0 bridgehead atoms. The molecule has 0 radical (unpaired) electrons. The van der Waals surface area contributed by atoms with Gasteiger partial charge in [0.1, 0.15) is 10.8 Å². The van der Waals surface area contributed by atoms with Gasteiger partial charge >= 0.3 is 0 Å². The van der Waals surface area contributed by atoms with E-state index in [1.165, 1.54) is 16.9 Å². The highest BCUT2D eigenvalue weighted by molar-refractivity contribution is 7.17. The minimum Gasteiger partial charge on any atom is -0.496 e. The van der Waals surface area contributed by atoms with E-state index in [9.17, 15) is 9.59 Å². The molecule has 4 aromatic rings. The van der Waals surface area contributed by atoms with Crippen molar-refractivity contribution in [1.82, 2.24) is 4.90 Å². The lowest BCUT2D eigenvalue weighted by Gasteiger charge is -2.27. The lowest BCUT2D eigenvalue weighted by molar-refractivity contribution is 0.0999. The highest BCUT2D eigenvalue weighted by Crippen LogP contribution is 2.38. The van der Waals surface area contributed by atoms with Crippen molar-refractivity contribution in [2.75, 3.05) is 19.0 Å². The van der Waals surface area contributed by atoms with Gasteiger partial charge in [-0.05, 0) is 40.5 Å². The molecule has 2 amide bonds. The molecule has 0 atom stereocenters. The predicted octanol–water partition coefficient (Wildman–Crippen LogP) is 4.82. The van der Waals surface area contributed by atoms with Gasteiger partial charge < -0.3 is 15.8 Å². The third-order valence-electron chi connectivity index (χ3n) is 6.17. The summed E-state index contributed by atoms with van der Waals surface area (Å²) in [7, 11) is 1.54. The number of amides is 2. The fourth-order valence-corrected chi connectivity index (χ4v) is 5.81. The molecule has 1 aliphatic rings. The van der Waals surface area contributed by atoms with Crippen LogP contribution in [-0.2, 0) is 19.5 Å². The Bertz CT molecular complexity index is 1380. The Morgan fingerprint density at radius 1 is 1.06 bits per heavy atom. The summed E-state index contributed by atoms with van der Waals surface area (Å²) in [5.74, 6) is -0.369. The van der Waals surface area contributed by atoms with E-state index in [1.807, 2.05) is 54.6 Å². The Hall–Kier alpha value is -3.68. The highest BCUT2D eigenvalue weighted by Gasteiger charge is 2.28. The molecule has 1 aromatic heterocycles. The van der Waals surface area contributed by atoms with Crippen LogP contribution in [0.15, 0.2) is 66.7 Å². The summed E-state index contributed by atoms with van der Waals surface area (Å²) < 4.78 is 5.49. The number of methoxy groups -OCH3 is 1. The van der Waals surface area contributed by atoms with Crippen LogP contribution >= 0.6 is 11.3 Å². The number of benzene rings is 3. The number of thiophene rings is 1. The van der Waals surface area contributed by atoms with Crippen LogP contribution in [-0.4, -0.2) is 30.4 Å². The number of ether oxygens (including phenoxy) is 1. The summed E-state index contributed by atoms with van der Waals surface area (Å²) in [6.07, 6.45) is 0.714. The van der Waals surface area contributed by atoms with Crippen molar-refractivity contribution in [1.29, 1.82) is 0 Å². The molecule has 0 fully saturated rings. The summed E-state index contributed by atoms with van der Waals surface area (Å²) in [5.41, 5.74) is 8.79. The number of carbonyl (C=O) groups excluding carboxylic acids is 2. The van der Waals surface area contributed by atoms with Crippen LogP contribution in [0.4, 0.5) is 5.00 Å². The van der Waals surface area contributed by atoms with Crippen molar-refractivity contribution >= 4 is 38.9 Å². The average molecular weight is 472 g/mol. The Labute approximate surface area is 202 Å². The number of primary amides is 1. The largest absolute Gasteiger partial charge is 0.496 e. The van der Waals surface area contributed by atoms with Gasteiger partial charge in [-0.25, -0.2) is 0 Å². The van der Waals surface area contributed by atoms with Gasteiger partial charge in [-0.3, -0.25) is 14.5 Å². The third-order valence-corrected chi connectivity index (χ3v) is 7.30. The predicted molar refractivity (Wildman–Crippen MR) is 136 cm³/mol. The lowest BCUT2D eigenvalue weighted by Crippen LogP contribution is -2.30. The molecule has 3 N–H and O–H groups in total. The number of hydrogen-bond donors (Lipinski definition) is 2. The molecule has 0 unspecified atom stereocenters. The SMILES string of the molecule is COc1cc2ccccc2cc1C(=O)Nc1sc2c(c1C(N)=O)CCN(Cc1ccccc1)C2. The molecule has 3 aromatic carbocycles. The van der Waals surface area contributed by atoms with Gasteiger partial charge in [-0.15, -0.1) is 11.3 Å². The number of nitrogens with two attached hydrogens (primary N) is 1. The van der Waals surface area contributed by atoms with E-state index in [0.29, 0.717) is 34.8 Å². The molecule has 172 valence electrons. The summed E-state index contributed by atoms with van der Waals surface area (Å²) in [4.78, 5) is 29.1. The van der Waals surface area contributed by atoms with E-state index in [0.717, 1.165) is 34.3 Å². The number of nitrogens with zero attached hydrogens (tertiary/aromatic N) is 1. The molecule has 6 nitrogen and oxygen atoms in total. The second-order valence-electron chi connectivity index (χ2n) is 8.37. The van der Waals surface area contributed by atoms with E-state index in [2.05, 4.69) is 22.3 Å². The number of hydrogen-bond acceptors (Lipinski definition) is 5. The van der Waals surface area contributed by atoms with Crippen molar-refractivity contribution in [3.8, 4) is 5.75 Å². The minimum absolute atomic E-state index is 0.329. The second-order valence-corrected chi connectivity index (χ2v) is 9.48. The number of rotatable bonds is 6. The van der Waals surface area contributed by atoms with Crippen LogP contribution < -0.4 is 15.8 Å². The van der Waals surface area contributed by atoms with Gasteiger partial charge in [0.15, 0.2) is 0 Å². The number of nitrogens with one attached hydrogen (secondary N) is 1. The molecule has 0 saturated heterocycles. The van der Waals surface area contributed by atoms with Crippen LogP contribution in [0.1, 0.15) is 36.7 Å². The maximum atomic E-state index is 13.3. The van der Waals surface area contributed by atoms with E-state index in [-0.39, 0.29) is 5.91 Å². The van der Waals surface area contributed by atoms with E-state index in [4.69, 9.17) is 10.5 Å². The van der Waals surface area contributed by atoms with Crippen LogP contribution in [0.3, 0.4) is 0 Å². The number of fused-ring (bicyclic) bond motifs is 2. The number of carbonyl (C=O) groups is 2. The quantitative estimate of drug-likeness (QED) is 0.422. The molecule has 2 heterocycles. The Morgan fingerprint density at radius 3 is 2.47 bits per heavy atom. The van der Waals surface area contributed by atoms with Crippen LogP contribution in [0.5, 0.6) is 5.75 Å². The van der Waals surface area contributed by atoms with Crippen molar-refractivity contribution in [3.05, 3.63) is 93.9 Å². The maximum absolute atomic E-state index is 13.3. The fraction of sp³-hybridized carbons (Fsp3) is 0.185. The molecule has 0 aliphatic carbocycles. The molecule has 1 aliphatic heterocycles. The first-order chi connectivity index (χ1) is 16.5. The fourth-order valence-electron chi connectivity index (χ4n) is 4.52. The zero-order valence-electron chi connectivity index (χ0n) is 18.8.